The van der Waals surface area contributed by atoms with Crippen LogP contribution in [-0.4, -0.2) is 9.97 Å². The van der Waals surface area contributed by atoms with E-state index in [1.165, 1.54) is 50.1 Å². The van der Waals surface area contributed by atoms with Gasteiger partial charge in [-0.25, -0.2) is 9.97 Å². The zero-order chi connectivity index (χ0) is 37.3. The van der Waals surface area contributed by atoms with Gasteiger partial charge < -0.3 is 4.90 Å². The van der Waals surface area contributed by atoms with Gasteiger partial charge in [0.15, 0.2) is 5.82 Å². The highest BCUT2D eigenvalue weighted by Gasteiger charge is 2.23. The third-order valence-corrected chi connectivity index (χ3v) is 11.0. The van der Waals surface area contributed by atoms with Crippen LogP contribution in [0.4, 0.5) is 17.1 Å². The first kappa shape index (κ1) is 33.5. The van der Waals surface area contributed by atoms with Gasteiger partial charge in [0, 0.05) is 28.2 Å². The average Bonchev–Trinajstić information content (AvgIpc) is 3.65. The maximum atomic E-state index is 5.21. The summed E-state index contributed by atoms with van der Waals surface area (Å²) in [5.74, 6) is 0.758. The number of anilines is 3. The van der Waals surface area contributed by atoms with Crippen molar-refractivity contribution in [2.75, 3.05) is 4.90 Å². The molecule has 56 heavy (non-hydrogen) atoms. The highest BCUT2D eigenvalue weighted by atomic mass is 15.1. The van der Waals surface area contributed by atoms with E-state index in [1.807, 2.05) is 0 Å². The quantitative estimate of drug-likeness (QED) is 0.157. The molecule has 0 radical (unpaired) electrons. The van der Waals surface area contributed by atoms with Gasteiger partial charge in [0.1, 0.15) is 0 Å². The predicted molar refractivity (Wildman–Crippen MR) is 233 cm³/mol. The zero-order valence-corrected chi connectivity index (χ0v) is 31.0. The van der Waals surface area contributed by atoms with Crippen LogP contribution in [0.25, 0.3) is 61.6 Å². The standard InChI is InChI=1S/C53H39N3/c1-5-13-37(14-6-1)39-21-23-42(24-22-39)52-36-51(41-17-9-3-10-18-41)54-53(55-52)43-27-31-49-44(33-43)34-45-35-48(30-32-50(45)49)56(46-19-11-4-12-20-46)47-28-25-40(26-29-47)38-15-7-2-8-16-38/h1-9,11-17,19-33,35-36H,10,18,34H2. The lowest BCUT2D eigenvalue weighted by Crippen LogP contribution is -2.10. The van der Waals surface area contributed by atoms with Gasteiger partial charge in [-0.15, -0.1) is 0 Å². The second-order valence-corrected chi connectivity index (χ2v) is 14.5. The molecular formula is C53H39N3. The van der Waals surface area contributed by atoms with Crippen LogP contribution in [0.1, 0.15) is 29.7 Å². The first-order chi connectivity index (χ1) is 27.7. The fraction of sp³-hybridized carbons (Fsp3) is 0.0566. The smallest absolute Gasteiger partial charge is 0.160 e. The lowest BCUT2D eigenvalue weighted by molar-refractivity contribution is 1.03. The van der Waals surface area contributed by atoms with Crippen LogP contribution < -0.4 is 4.90 Å². The highest BCUT2D eigenvalue weighted by Crippen LogP contribution is 2.43. The number of hydrogen-bond donors (Lipinski definition) is 0. The molecule has 0 spiro atoms. The van der Waals surface area contributed by atoms with Crippen LogP contribution in [0.2, 0.25) is 0 Å². The van der Waals surface area contributed by atoms with Crippen molar-refractivity contribution in [3.05, 3.63) is 217 Å². The summed E-state index contributed by atoms with van der Waals surface area (Å²) < 4.78 is 0. The number of benzene rings is 7. The summed E-state index contributed by atoms with van der Waals surface area (Å²) >= 11 is 0. The molecule has 1 heterocycles. The Morgan fingerprint density at radius 2 is 0.929 bits per heavy atom. The van der Waals surface area contributed by atoms with E-state index in [4.69, 9.17) is 9.97 Å². The van der Waals surface area contributed by atoms with Crippen LogP contribution in [0.3, 0.4) is 0 Å². The number of allylic oxidation sites excluding steroid dienone is 4. The van der Waals surface area contributed by atoms with Crippen molar-refractivity contribution in [3.8, 4) is 56.0 Å². The summed E-state index contributed by atoms with van der Waals surface area (Å²) in [5, 5.41) is 0. The monoisotopic (exact) mass is 717 g/mol. The Kier molecular flexibility index (Phi) is 8.74. The molecule has 2 aliphatic rings. The van der Waals surface area contributed by atoms with E-state index in [2.05, 4.69) is 205 Å². The molecule has 3 nitrogen and oxygen atoms in total. The Bertz CT molecular complexity index is 2730. The van der Waals surface area contributed by atoms with Gasteiger partial charge in [0.2, 0.25) is 0 Å². The molecule has 3 heteroatoms. The molecule has 0 atom stereocenters. The van der Waals surface area contributed by atoms with E-state index in [1.54, 1.807) is 0 Å². The number of fused-ring (bicyclic) bond motifs is 3. The van der Waals surface area contributed by atoms with E-state index in [0.717, 1.165) is 64.7 Å². The minimum absolute atomic E-state index is 0.758. The SMILES string of the molecule is C1=CCCC(c2cc(-c3ccc(-c4ccccc4)cc3)nc(-c3ccc4c(c3)Cc3cc(N(c5ccccc5)c5ccc(-c6ccccc6)cc5)ccc3-4)n2)=C1. The van der Waals surface area contributed by atoms with Crippen molar-refractivity contribution in [3.63, 3.8) is 0 Å². The normalized spacial score (nSPS) is 12.8. The van der Waals surface area contributed by atoms with Crippen LogP contribution >= 0.6 is 0 Å². The van der Waals surface area contributed by atoms with Crippen molar-refractivity contribution in [1.29, 1.82) is 0 Å². The summed E-state index contributed by atoms with van der Waals surface area (Å²) in [6.45, 7) is 0. The fourth-order valence-electron chi connectivity index (χ4n) is 8.10. The maximum absolute atomic E-state index is 5.21. The van der Waals surface area contributed by atoms with E-state index < -0.39 is 0 Å². The Hall–Kier alpha value is -7.10. The van der Waals surface area contributed by atoms with Crippen LogP contribution in [-0.2, 0) is 6.42 Å². The van der Waals surface area contributed by atoms with Gasteiger partial charge in [-0.1, -0.05) is 152 Å². The third-order valence-electron chi connectivity index (χ3n) is 11.0. The molecule has 0 amide bonds. The van der Waals surface area contributed by atoms with E-state index in [-0.39, 0.29) is 0 Å². The zero-order valence-electron chi connectivity index (χ0n) is 31.0. The van der Waals surface area contributed by atoms with Gasteiger partial charge in [0.25, 0.3) is 0 Å². The molecule has 266 valence electrons. The molecule has 0 fully saturated rings. The number of rotatable bonds is 8. The molecule has 0 N–H and O–H groups in total. The average molecular weight is 718 g/mol. The summed E-state index contributed by atoms with van der Waals surface area (Å²) in [4.78, 5) is 12.8. The number of nitrogens with zero attached hydrogens (tertiary/aromatic N) is 3. The Morgan fingerprint density at radius 3 is 1.59 bits per heavy atom. The molecule has 7 aromatic carbocycles. The minimum atomic E-state index is 0.758. The first-order valence-electron chi connectivity index (χ1n) is 19.4. The van der Waals surface area contributed by atoms with Crippen LogP contribution in [0.15, 0.2) is 200 Å². The van der Waals surface area contributed by atoms with E-state index in [0.29, 0.717) is 0 Å². The van der Waals surface area contributed by atoms with Gasteiger partial charge in [0.05, 0.1) is 11.4 Å². The van der Waals surface area contributed by atoms with Gasteiger partial charge in [-0.3, -0.25) is 0 Å². The van der Waals surface area contributed by atoms with Gasteiger partial charge in [-0.2, -0.15) is 0 Å². The van der Waals surface area contributed by atoms with Gasteiger partial charge in [-0.05, 0) is 118 Å². The van der Waals surface area contributed by atoms with Crippen molar-refractivity contribution >= 4 is 22.6 Å². The van der Waals surface area contributed by atoms with Gasteiger partial charge >= 0.3 is 0 Å². The molecular weight excluding hydrogens is 679 g/mol. The minimum Gasteiger partial charge on any atom is -0.310 e. The molecule has 10 rings (SSSR count). The Morgan fingerprint density at radius 1 is 0.411 bits per heavy atom. The first-order valence-corrected chi connectivity index (χ1v) is 19.4. The van der Waals surface area contributed by atoms with Crippen molar-refractivity contribution in [2.45, 2.75) is 19.3 Å². The highest BCUT2D eigenvalue weighted by molar-refractivity contribution is 5.85. The predicted octanol–water partition coefficient (Wildman–Crippen LogP) is 13.9. The third kappa shape index (κ3) is 6.54. The molecule has 0 saturated carbocycles. The number of aromatic nitrogens is 2. The molecule has 1 aromatic heterocycles. The topological polar surface area (TPSA) is 29.0 Å². The fourth-order valence-corrected chi connectivity index (χ4v) is 8.10. The molecule has 0 saturated heterocycles. The second kappa shape index (κ2) is 14.6. The summed E-state index contributed by atoms with van der Waals surface area (Å²) in [5.41, 5.74) is 18.7. The molecule has 0 bridgehead atoms. The Labute approximate surface area is 328 Å². The molecule has 2 aliphatic carbocycles. The number of hydrogen-bond acceptors (Lipinski definition) is 3. The van der Waals surface area contributed by atoms with Crippen LogP contribution in [0, 0.1) is 0 Å². The summed E-state index contributed by atoms with van der Waals surface area (Å²) in [7, 11) is 0. The number of para-hydroxylation sites is 1. The molecule has 0 aliphatic heterocycles. The Balaban J connectivity index is 0.985. The lowest BCUT2D eigenvalue weighted by atomic mass is 9.98. The van der Waals surface area contributed by atoms with E-state index >= 15 is 0 Å². The lowest BCUT2D eigenvalue weighted by Gasteiger charge is -2.26. The summed E-state index contributed by atoms with van der Waals surface area (Å²) in [6, 6.07) is 65.2. The largest absolute Gasteiger partial charge is 0.310 e. The van der Waals surface area contributed by atoms with Crippen molar-refractivity contribution in [2.24, 2.45) is 0 Å². The maximum Gasteiger partial charge on any atom is 0.160 e. The van der Waals surface area contributed by atoms with Crippen LogP contribution in [0.5, 0.6) is 0 Å². The molecule has 0 unspecified atom stereocenters. The molecule has 8 aromatic rings. The van der Waals surface area contributed by atoms with Crippen molar-refractivity contribution in [1.82, 2.24) is 9.97 Å². The summed E-state index contributed by atoms with van der Waals surface area (Å²) in [6.07, 6.45) is 9.41. The van der Waals surface area contributed by atoms with E-state index in [9.17, 15) is 0 Å². The second-order valence-electron chi connectivity index (χ2n) is 14.5. The van der Waals surface area contributed by atoms with Crippen molar-refractivity contribution < 1.29 is 0 Å².